The van der Waals surface area contributed by atoms with E-state index in [2.05, 4.69) is 41.9 Å². The van der Waals surface area contributed by atoms with Crippen molar-refractivity contribution in [2.24, 2.45) is 0 Å². The predicted molar refractivity (Wildman–Crippen MR) is 100 cm³/mol. The molecular weight excluding hydrogens is 321 g/mol. The Hall–Kier alpha value is -1.98. The first-order valence-electron chi connectivity index (χ1n) is 8.25. The van der Waals surface area contributed by atoms with E-state index in [0.717, 1.165) is 31.6 Å². The second-order valence-electron chi connectivity index (χ2n) is 5.96. The molecule has 0 aromatic heterocycles. The van der Waals surface area contributed by atoms with Crippen LogP contribution in [0.3, 0.4) is 0 Å². The highest BCUT2D eigenvalue weighted by atomic mass is 32.1. The van der Waals surface area contributed by atoms with Crippen LogP contribution in [0.5, 0.6) is 0 Å². The Morgan fingerprint density at radius 1 is 1.00 bits per heavy atom. The van der Waals surface area contributed by atoms with Gasteiger partial charge in [-0.2, -0.15) is 0 Å². The first-order valence-corrected chi connectivity index (χ1v) is 8.65. The predicted octanol–water partition coefficient (Wildman–Crippen LogP) is 1.89. The summed E-state index contributed by atoms with van der Waals surface area (Å²) < 4.78 is 12.8. The number of rotatable bonds is 8. The Labute approximate surface area is 148 Å². The van der Waals surface area contributed by atoms with E-state index < -0.39 is 0 Å². The molecule has 3 nitrogen and oxygen atoms in total. The van der Waals surface area contributed by atoms with Gasteiger partial charge < -0.3 is 15.5 Å². The van der Waals surface area contributed by atoms with Gasteiger partial charge in [-0.05, 0) is 29.9 Å². The summed E-state index contributed by atoms with van der Waals surface area (Å²) in [4.78, 5) is 1.48. The lowest BCUT2D eigenvalue weighted by atomic mass is 10.2. The van der Waals surface area contributed by atoms with Gasteiger partial charge in [-0.15, -0.1) is 0 Å². The largest absolute Gasteiger partial charge is 0.363 e. The van der Waals surface area contributed by atoms with Crippen molar-refractivity contribution >= 4 is 17.3 Å². The van der Waals surface area contributed by atoms with Crippen LogP contribution >= 0.6 is 12.2 Å². The molecule has 1 atom stereocenters. The summed E-state index contributed by atoms with van der Waals surface area (Å²) in [6.45, 7) is 3.57. The lowest BCUT2D eigenvalue weighted by Gasteiger charge is -2.15. The molecule has 0 bridgehead atoms. The Morgan fingerprint density at radius 3 is 2.42 bits per heavy atom. The fraction of sp³-hybridized carbons (Fsp3) is 0.316. The zero-order valence-corrected chi connectivity index (χ0v) is 14.8. The molecule has 2 aromatic rings. The summed E-state index contributed by atoms with van der Waals surface area (Å²) in [5, 5.41) is 6.99. The summed E-state index contributed by atoms with van der Waals surface area (Å²) in [6, 6.07) is 17.0. The molecule has 0 fully saturated rings. The standard InChI is InChI=1S/C19H24FN3S/c1-23(15-17-6-3-2-4-7-17)13-5-12-21-19(24)22-14-16-8-10-18(20)11-9-16/h2-4,6-11H,5,12-15H2,1H3,(H2,21,22,24)/p+1. The molecule has 0 aliphatic heterocycles. The van der Waals surface area contributed by atoms with Crippen molar-refractivity contribution in [3.8, 4) is 0 Å². The van der Waals surface area contributed by atoms with E-state index in [4.69, 9.17) is 12.2 Å². The van der Waals surface area contributed by atoms with E-state index in [9.17, 15) is 4.39 Å². The smallest absolute Gasteiger partial charge is 0.166 e. The summed E-state index contributed by atoms with van der Waals surface area (Å²) in [6.07, 6.45) is 1.05. The third kappa shape index (κ3) is 7.06. The van der Waals surface area contributed by atoms with E-state index >= 15 is 0 Å². The second-order valence-corrected chi connectivity index (χ2v) is 6.37. The molecule has 0 radical (unpaired) electrons. The lowest BCUT2D eigenvalue weighted by Crippen LogP contribution is -3.07. The molecule has 128 valence electrons. The molecule has 0 saturated heterocycles. The Morgan fingerprint density at radius 2 is 1.71 bits per heavy atom. The highest BCUT2D eigenvalue weighted by molar-refractivity contribution is 7.80. The van der Waals surface area contributed by atoms with Crippen molar-refractivity contribution in [3.05, 3.63) is 71.5 Å². The van der Waals surface area contributed by atoms with E-state index in [-0.39, 0.29) is 5.82 Å². The van der Waals surface area contributed by atoms with E-state index in [1.807, 2.05) is 6.07 Å². The van der Waals surface area contributed by atoms with Crippen molar-refractivity contribution in [1.29, 1.82) is 0 Å². The molecule has 3 N–H and O–H groups in total. The van der Waals surface area contributed by atoms with E-state index in [1.54, 1.807) is 12.1 Å². The number of quaternary nitrogens is 1. The van der Waals surface area contributed by atoms with Gasteiger partial charge in [-0.25, -0.2) is 4.39 Å². The summed E-state index contributed by atoms with van der Waals surface area (Å²) in [7, 11) is 2.21. The van der Waals surface area contributed by atoms with Crippen molar-refractivity contribution in [1.82, 2.24) is 10.6 Å². The molecular formula is C19H25FN3S+. The monoisotopic (exact) mass is 346 g/mol. The molecule has 1 unspecified atom stereocenters. The fourth-order valence-electron chi connectivity index (χ4n) is 2.47. The van der Waals surface area contributed by atoms with Crippen LogP contribution in [0.1, 0.15) is 17.5 Å². The normalized spacial score (nSPS) is 11.8. The third-order valence-electron chi connectivity index (χ3n) is 3.78. The third-order valence-corrected chi connectivity index (χ3v) is 4.07. The van der Waals surface area contributed by atoms with Gasteiger partial charge in [0.25, 0.3) is 0 Å². The molecule has 0 spiro atoms. The van der Waals surface area contributed by atoms with Crippen LogP contribution in [0.25, 0.3) is 0 Å². The SMILES string of the molecule is C[NH+](CCCNC(=S)NCc1ccc(F)cc1)Cc1ccccc1. The maximum Gasteiger partial charge on any atom is 0.166 e. The molecule has 5 heteroatoms. The number of thiocarbonyl (C=S) groups is 1. The Balaban J connectivity index is 1.56. The maximum absolute atomic E-state index is 12.8. The van der Waals surface area contributed by atoms with Crippen LogP contribution in [0.4, 0.5) is 4.39 Å². The van der Waals surface area contributed by atoms with Crippen molar-refractivity contribution in [2.75, 3.05) is 20.1 Å². The van der Waals surface area contributed by atoms with Gasteiger partial charge in [0, 0.05) is 25.1 Å². The Kier molecular flexibility index (Phi) is 7.65. The summed E-state index contributed by atoms with van der Waals surface area (Å²) >= 11 is 5.26. The molecule has 0 saturated carbocycles. The van der Waals surface area contributed by atoms with Crippen molar-refractivity contribution in [3.63, 3.8) is 0 Å². The minimum absolute atomic E-state index is 0.221. The molecule has 0 heterocycles. The highest BCUT2D eigenvalue weighted by Gasteiger charge is 2.03. The van der Waals surface area contributed by atoms with Gasteiger partial charge in [-0.3, -0.25) is 0 Å². The van der Waals surface area contributed by atoms with Gasteiger partial charge in [0.15, 0.2) is 5.11 Å². The van der Waals surface area contributed by atoms with E-state index in [0.29, 0.717) is 11.7 Å². The second kappa shape index (κ2) is 10.0. The lowest BCUT2D eigenvalue weighted by molar-refractivity contribution is -0.893. The average molecular weight is 346 g/mol. The molecule has 0 aliphatic rings. The highest BCUT2D eigenvalue weighted by Crippen LogP contribution is 2.01. The van der Waals surface area contributed by atoms with Crippen molar-refractivity contribution < 1.29 is 9.29 Å². The van der Waals surface area contributed by atoms with Crippen LogP contribution in [-0.2, 0) is 13.1 Å². The molecule has 2 rings (SSSR count). The molecule has 2 aromatic carbocycles. The zero-order valence-electron chi connectivity index (χ0n) is 14.0. The van der Waals surface area contributed by atoms with Gasteiger partial charge in [0.1, 0.15) is 12.4 Å². The number of nitrogens with one attached hydrogen (secondary N) is 3. The average Bonchev–Trinajstić information content (AvgIpc) is 2.59. The summed E-state index contributed by atoms with van der Waals surface area (Å²) in [5.74, 6) is -0.221. The first kappa shape index (κ1) is 18.4. The topological polar surface area (TPSA) is 28.5 Å². The summed E-state index contributed by atoms with van der Waals surface area (Å²) in [5.41, 5.74) is 2.37. The van der Waals surface area contributed by atoms with Crippen LogP contribution in [0.2, 0.25) is 0 Å². The van der Waals surface area contributed by atoms with E-state index in [1.165, 1.54) is 22.6 Å². The molecule has 0 aliphatic carbocycles. The quantitative estimate of drug-likeness (QED) is 0.504. The molecule has 24 heavy (non-hydrogen) atoms. The zero-order chi connectivity index (χ0) is 17.2. The van der Waals surface area contributed by atoms with Gasteiger partial charge >= 0.3 is 0 Å². The van der Waals surface area contributed by atoms with Gasteiger partial charge in [0.05, 0.1) is 13.6 Å². The maximum atomic E-state index is 12.8. The van der Waals surface area contributed by atoms with Crippen molar-refractivity contribution in [2.45, 2.75) is 19.5 Å². The van der Waals surface area contributed by atoms with Crippen LogP contribution in [0, 0.1) is 5.82 Å². The Bertz CT molecular complexity index is 616. The minimum Gasteiger partial charge on any atom is -0.363 e. The van der Waals surface area contributed by atoms with Crippen LogP contribution < -0.4 is 15.5 Å². The van der Waals surface area contributed by atoms with Gasteiger partial charge in [-0.1, -0.05) is 42.5 Å². The fourth-order valence-corrected chi connectivity index (χ4v) is 2.65. The number of hydrogen-bond donors (Lipinski definition) is 3. The first-order chi connectivity index (χ1) is 11.6. The van der Waals surface area contributed by atoms with Crippen LogP contribution in [0.15, 0.2) is 54.6 Å². The number of halogens is 1. The van der Waals surface area contributed by atoms with Gasteiger partial charge in [0.2, 0.25) is 0 Å². The number of benzene rings is 2. The van der Waals surface area contributed by atoms with Crippen LogP contribution in [-0.4, -0.2) is 25.2 Å². The minimum atomic E-state index is -0.221. The molecule has 0 amide bonds. The number of hydrogen-bond acceptors (Lipinski definition) is 1.